The standard InChI is InChI=1S/C22H27N5O3S/c1-22(2,3)30-21(29)26-18(11-17-5-4-10-31-17)20(28)25-16-7-9-27(14-16)19-6-8-24-13-15(19)12-23/h4-6,8,10,13,16,18H,7,9,11,14H2,1-3H3,(H,25,28)(H,26,29)/t16-,18-/m0/s1. The quantitative estimate of drug-likeness (QED) is 0.714. The summed E-state index contributed by atoms with van der Waals surface area (Å²) in [6.45, 7) is 6.65. The normalized spacial score (nSPS) is 17.0. The molecule has 2 aromatic heterocycles. The largest absolute Gasteiger partial charge is 0.444 e. The monoisotopic (exact) mass is 441 g/mol. The lowest BCUT2D eigenvalue weighted by Crippen LogP contribution is -2.52. The molecule has 164 valence electrons. The summed E-state index contributed by atoms with van der Waals surface area (Å²) in [7, 11) is 0. The molecule has 2 N–H and O–H groups in total. The van der Waals surface area contributed by atoms with Gasteiger partial charge in [0.15, 0.2) is 0 Å². The van der Waals surface area contributed by atoms with Crippen molar-refractivity contribution < 1.29 is 14.3 Å². The van der Waals surface area contributed by atoms with E-state index in [-0.39, 0.29) is 11.9 Å². The number of aromatic nitrogens is 1. The molecule has 31 heavy (non-hydrogen) atoms. The molecule has 0 saturated carbocycles. The lowest BCUT2D eigenvalue weighted by atomic mass is 10.1. The molecule has 0 spiro atoms. The van der Waals surface area contributed by atoms with Gasteiger partial charge in [-0.15, -0.1) is 11.3 Å². The topological polar surface area (TPSA) is 107 Å². The molecule has 1 fully saturated rings. The number of nitrogens with one attached hydrogen (secondary N) is 2. The minimum atomic E-state index is -0.738. The molecule has 0 bridgehead atoms. The summed E-state index contributed by atoms with van der Waals surface area (Å²) in [5.41, 5.74) is 0.677. The molecule has 2 aromatic rings. The number of hydrogen-bond acceptors (Lipinski definition) is 7. The Bertz CT molecular complexity index is 949. The van der Waals surface area contributed by atoms with Crippen molar-refractivity contribution in [2.75, 3.05) is 18.0 Å². The maximum absolute atomic E-state index is 13.0. The van der Waals surface area contributed by atoms with Crippen LogP contribution >= 0.6 is 11.3 Å². The van der Waals surface area contributed by atoms with Gasteiger partial charge < -0.3 is 20.3 Å². The van der Waals surface area contributed by atoms with Crippen molar-refractivity contribution in [1.29, 1.82) is 5.26 Å². The third kappa shape index (κ3) is 6.43. The van der Waals surface area contributed by atoms with Gasteiger partial charge in [-0.05, 0) is 44.7 Å². The number of alkyl carbamates (subject to hydrolysis) is 1. The van der Waals surface area contributed by atoms with Gasteiger partial charge in [0, 0.05) is 42.8 Å². The number of hydrogen-bond donors (Lipinski definition) is 2. The molecule has 1 aliphatic rings. The molecule has 1 saturated heterocycles. The van der Waals surface area contributed by atoms with Gasteiger partial charge in [0.05, 0.1) is 11.3 Å². The lowest BCUT2D eigenvalue weighted by molar-refractivity contribution is -0.123. The predicted molar refractivity (Wildman–Crippen MR) is 119 cm³/mol. The van der Waals surface area contributed by atoms with Crippen molar-refractivity contribution in [1.82, 2.24) is 15.6 Å². The molecule has 2 atom stereocenters. The fraction of sp³-hybridized carbons (Fsp3) is 0.455. The molecule has 9 heteroatoms. The van der Waals surface area contributed by atoms with Gasteiger partial charge in [-0.25, -0.2) is 4.79 Å². The fourth-order valence-corrected chi connectivity index (χ4v) is 4.19. The van der Waals surface area contributed by atoms with Gasteiger partial charge in [-0.1, -0.05) is 6.07 Å². The second-order valence-electron chi connectivity index (χ2n) is 8.43. The molecule has 0 aliphatic carbocycles. The van der Waals surface area contributed by atoms with Crippen LogP contribution in [0.2, 0.25) is 0 Å². The van der Waals surface area contributed by atoms with Crippen molar-refractivity contribution in [3.05, 3.63) is 46.4 Å². The van der Waals surface area contributed by atoms with Crippen LogP contribution in [0.3, 0.4) is 0 Å². The van der Waals surface area contributed by atoms with Crippen LogP contribution in [0.4, 0.5) is 10.5 Å². The average molecular weight is 442 g/mol. The van der Waals surface area contributed by atoms with Gasteiger partial charge in [0.1, 0.15) is 17.7 Å². The first-order chi connectivity index (χ1) is 14.7. The zero-order valence-corrected chi connectivity index (χ0v) is 18.7. The number of carbonyl (C=O) groups excluding carboxylic acids is 2. The van der Waals surface area contributed by atoms with E-state index in [0.717, 1.165) is 23.5 Å². The number of amides is 2. The zero-order chi connectivity index (χ0) is 22.4. The van der Waals surface area contributed by atoms with Crippen LogP contribution in [0.5, 0.6) is 0 Å². The maximum Gasteiger partial charge on any atom is 0.408 e. The summed E-state index contributed by atoms with van der Waals surface area (Å²) in [4.78, 5) is 32.4. The molecular formula is C22H27N5O3S. The number of carbonyl (C=O) groups is 2. The summed E-state index contributed by atoms with van der Waals surface area (Å²) in [5.74, 6) is -0.249. The molecule has 1 aliphatic heterocycles. The smallest absolute Gasteiger partial charge is 0.408 e. The Morgan fingerprint density at radius 1 is 1.42 bits per heavy atom. The van der Waals surface area contributed by atoms with E-state index in [4.69, 9.17) is 4.74 Å². The van der Waals surface area contributed by atoms with E-state index >= 15 is 0 Å². The molecule has 8 nitrogen and oxygen atoms in total. The minimum Gasteiger partial charge on any atom is -0.444 e. The summed E-state index contributed by atoms with van der Waals surface area (Å²) in [5, 5.41) is 17.0. The van der Waals surface area contributed by atoms with Crippen molar-refractivity contribution in [3.8, 4) is 6.07 Å². The van der Waals surface area contributed by atoms with E-state index in [0.29, 0.717) is 18.5 Å². The molecule has 3 rings (SSSR count). The summed E-state index contributed by atoms with van der Waals surface area (Å²) >= 11 is 1.54. The van der Waals surface area contributed by atoms with Gasteiger partial charge in [0.2, 0.25) is 5.91 Å². The highest BCUT2D eigenvalue weighted by Crippen LogP contribution is 2.23. The minimum absolute atomic E-state index is 0.0847. The Kier molecular flexibility index (Phi) is 7.13. The third-order valence-corrected chi connectivity index (χ3v) is 5.69. The van der Waals surface area contributed by atoms with Crippen molar-refractivity contribution in [2.45, 2.75) is 51.3 Å². The second kappa shape index (κ2) is 9.79. The van der Waals surface area contributed by atoms with Crippen LogP contribution in [0, 0.1) is 11.3 Å². The second-order valence-corrected chi connectivity index (χ2v) is 9.46. The molecule has 0 radical (unpaired) electrons. The van der Waals surface area contributed by atoms with Gasteiger partial charge in [0.25, 0.3) is 0 Å². The maximum atomic E-state index is 13.0. The Hall–Kier alpha value is -3.12. The van der Waals surface area contributed by atoms with E-state index in [1.807, 2.05) is 23.6 Å². The van der Waals surface area contributed by atoms with E-state index in [1.165, 1.54) is 11.3 Å². The molecular weight excluding hydrogens is 414 g/mol. The highest BCUT2D eigenvalue weighted by atomic mass is 32.1. The van der Waals surface area contributed by atoms with Crippen LogP contribution in [0.25, 0.3) is 0 Å². The Labute approximate surface area is 186 Å². The highest BCUT2D eigenvalue weighted by Gasteiger charge is 2.30. The fourth-order valence-electron chi connectivity index (χ4n) is 3.44. The Balaban J connectivity index is 1.64. The predicted octanol–water partition coefficient (Wildman–Crippen LogP) is 2.85. The molecule has 0 aromatic carbocycles. The van der Waals surface area contributed by atoms with Crippen LogP contribution < -0.4 is 15.5 Å². The number of anilines is 1. The van der Waals surface area contributed by atoms with Gasteiger partial charge in [-0.2, -0.15) is 5.26 Å². The lowest BCUT2D eigenvalue weighted by Gasteiger charge is -2.24. The first-order valence-electron chi connectivity index (χ1n) is 10.2. The number of ether oxygens (including phenoxy) is 1. The van der Waals surface area contributed by atoms with E-state index in [1.54, 1.807) is 33.2 Å². The van der Waals surface area contributed by atoms with Crippen molar-refractivity contribution in [2.24, 2.45) is 0 Å². The Morgan fingerprint density at radius 3 is 2.90 bits per heavy atom. The highest BCUT2D eigenvalue weighted by molar-refractivity contribution is 7.09. The summed E-state index contributed by atoms with van der Waals surface area (Å²) in [6, 6.07) is 7.00. The zero-order valence-electron chi connectivity index (χ0n) is 17.9. The first kappa shape index (κ1) is 22.6. The summed E-state index contributed by atoms with van der Waals surface area (Å²) in [6.07, 6.45) is 3.72. The number of nitriles is 1. The number of nitrogens with zero attached hydrogens (tertiary/aromatic N) is 3. The molecule has 0 unspecified atom stereocenters. The number of rotatable bonds is 6. The van der Waals surface area contributed by atoms with E-state index in [9.17, 15) is 14.9 Å². The first-order valence-corrected chi connectivity index (χ1v) is 11.0. The van der Waals surface area contributed by atoms with E-state index < -0.39 is 17.7 Å². The SMILES string of the molecule is CC(C)(C)OC(=O)N[C@@H](Cc1cccs1)C(=O)N[C@H]1CCN(c2ccncc2C#N)C1. The molecule has 2 amide bonds. The number of thiophene rings is 1. The summed E-state index contributed by atoms with van der Waals surface area (Å²) < 4.78 is 5.34. The van der Waals surface area contributed by atoms with Crippen LogP contribution in [-0.4, -0.2) is 47.8 Å². The van der Waals surface area contributed by atoms with Crippen LogP contribution in [0.15, 0.2) is 36.0 Å². The third-order valence-electron chi connectivity index (χ3n) is 4.79. The van der Waals surface area contributed by atoms with Crippen LogP contribution in [0.1, 0.15) is 37.6 Å². The van der Waals surface area contributed by atoms with Gasteiger partial charge in [-0.3, -0.25) is 9.78 Å². The van der Waals surface area contributed by atoms with Crippen LogP contribution in [-0.2, 0) is 16.0 Å². The van der Waals surface area contributed by atoms with Crippen molar-refractivity contribution >= 4 is 29.0 Å². The average Bonchev–Trinajstić information content (AvgIpc) is 3.38. The van der Waals surface area contributed by atoms with E-state index in [2.05, 4.69) is 26.6 Å². The molecule has 3 heterocycles. The van der Waals surface area contributed by atoms with Crippen molar-refractivity contribution in [3.63, 3.8) is 0 Å². The Morgan fingerprint density at radius 2 is 2.23 bits per heavy atom. The van der Waals surface area contributed by atoms with Gasteiger partial charge >= 0.3 is 6.09 Å². The number of pyridine rings is 1.